The Labute approximate surface area is 206 Å². The third-order valence-corrected chi connectivity index (χ3v) is 10.7. The van der Waals surface area contributed by atoms with E-state index in [2.05, 4.69) is 41.2 Å². The molecule has 4 heteroatoms. The van der Waals surface area contributed by atoms with Crippen molar-refractivity contribution in [3.63, 3.8) is 0 Å². The van der Waals surface area contributed by atoms with Gasteiger partial charge in [0, 0.05) is 12.0 Å². The van der Waals surface area contributed by atoms with Crippen LogP contribution in [0.5, 0.6) is 0 Å². The van der Waals surface area contributed by atoms with Crippen LogP contribution in [0.3, 0.4) is 0 Å². The maximum absolute atomic E-state index is 11.5. The Morgan fingerprint density at radius 3 is 2.35 bits per heavy atom. The Balaban J connectivity index is 1.91. The predicted molar refractivity (Wildman–Crippen MR) is 138 cm³/mol. The van der Waals surface area contributed by atoms with Gasteiger partial charge in [-0.25, -0.2) is 4.79 Å². The van der Waals surface area contributed by atoms with Gasteiger partial charge in [0.25, 0.3) is 0 Å². The van der Waals surface area contributed by atoms with Crippen molar-refractivity contribution in [1.82, 2.24) is 0 Å². The van der Waals surface area contributed by atoms with Crippen LogP contribution in [-0.2, 0) is 9.59 Å². The summed E-state index contributed by atoms with van der Waals surface area (Å²) in [6.07, 6.45) is 11.5. The van der Waals surface area contributed by atoms with Crippen molar-refractivity contribution in [2.24, 2.45) is 34.0 Å². The molecule has 0 amide bonds. The van der Waals surface area contributed by atoms with Crippen molar-refractivity contribution in [3.8, 4) is 0 Å². The van der Waals surface area contributed by atoms with Gasteiger partial charge in [0.1, 0.15) is 0 Å². The summed E-state index contributed by atoms with van der Waals surface area (Å²) < 4.78 is 0. The van der Waals surface area contributed by atoms with Crippen molar-refractivity contribution in [2.75, 3.05) is 0 Å². The Morgan fingerprint density at radius 1 is 1.09 bits per heavy atom. The Hall–Kier alpha value is -1.84. The van der Waals surface area contributed by atoms with Gasteiger partial charge in [-0.15, -0.1) is 0 Å². The van der Waals surface area contributed by atoms with Crippen LogP contribution >= 0.6 is 0 Å². The summed E-state index contributed by atoms with van der Waals surface area (Å²) in [6.45, 7) is 17.8. The van der Waals surface area contributed by atoms with Gasteiger partial charge in [-0.3, -0.25) is 4.79 Å². The topological polar surface area (TPSA) is 74.6 Å². The molecule has 190 valence electrons. The van der Waals surface area contributed by atoms with Gasteiger partial charge >= 0.3 is 11.9 Å². The smallest absolute Gasteiger partial charge is 0.330 e. The predicted octanol–water partition coefficient (Wildman–Crippen LogP) is 7.80. The number of hydrogen-bond donors (Lipinski definition) is 2. The van der Waals surface area contributed by atoms with Crippen molar-refractivity contribution < 1.29 is 19.8 Å². The van der Waals surface area contributed by atoms with Crippen molar-refractivity contribution in [1.29, 1.82) is 0 Å². The average Bonchev–Trinajstić information content (AvgIpc) is 3.03. The van der Waals surface area contributed by atoms with Gasteiger partial charge in [-0.1, -0.05) is 57.1 Å². The highest BCUT2D eigenvalue weighted by Gasteiger charge is 2.61. The molecule has 4 nitrogen and oxygen atoms in total. The van der Waals surface area contributed by atoms with E-state index in [1.807, 2.05) is 6.08 Å². The summed E-state index contributed by atoms with van der Waals surface area (Å²) >= 11 is 0. The highest BCUT2D eigenvalue weighted by molar-refractivity contribution is 5.85. The first kappa shape index (κ1) is 26.8. The quantitative estimate of drug-likeness (QED) is 0.266. The van der Waals surface area contributed by atoms with Crippen LogP contribution in [0.1, 0.15) is 106 Å². The number of aliphatic carboxylic acids is 2. The molecule has 0 aromatic rings. The van der Waals surface area contributed by atoms with Crippen molar-refractivity contribution in [3.05, 3.63) is 34.9 Å². The standard InChI is InChI=1S/C30H46O4/c1-19(2)22-11-12-25-24(28(22,5)16-15-26(31)32)14-18-29(6)23(13-17-30(25,29)7)20(3)9-8-10-21(4)27(33)34/h10,20,22-23H,1,8-9,11-18H2,2-7H3,(H,31,32)(H,33,34). The first-order valence-electron chi connectivity index (χ1n) is 13.3. The number of carbonyl (C=O) groups is 2. The van der Waals surface area contributed by atoms with E-state index >= 15 is 0 Å². The maximum atomic E-state index is 11.5. The molecule has 6 atom stereocenters. The largest absolute Gasteiger partial charge is 0.481 e. The second-order valence-electron chi connectivity index (χ2n) is 12.3. The molecule has 0 aliphatic heterocycles. The second-order valence-corrected chi connectivity index (χ2v) is 12.3. The summed E-state index contributed by atoms with van der Waals surface area (Å²) in [6, 6.07) is 0. The Morgan fingerprint density at radius 2 is 1.76 bits per heavy atom. The van der Waals surface area contributed by atoms with Crippen LogP contribution in [0.2, 0.25) is 0 Å². The summed E-state index contributed by atoms with van der Waals surface area (Å²) in [4.78, 5) is 22.7. The van der Waals surface area contributed by atoms with Gasteiger partial charge in [-0.2, -0.15) is 0 Å². The minimum Gasteiger partial charge on any atom is -0.481 e. The molecule has 3 rings (SSSR count). The second kappa shape index (κ2) is 9.66. The molecule has 0 saturated heterocycles. The van der Waals surface area contributed by atoms with E-state index in [-0.39, 0.29) is 22.7 Å². The third kappa shape index (κ3) is 4.42. The van der Waals surface area contributed by atoms with E-state index in [0.29, 0.717) is 29.7 Å². The van der Waals surface area contributed by atoms with Crippen LogP contribution < -0.4 is 0 Å². The van der Waals surface area contributed by atoms with E-state index in [0.717, 1.165) is 38.5 Å². The monoisotopic (exact) mass is 470 g/mol. The molecule has 0 aromatic heterocycles. The van der Waals surface area contributed by atoms with E-state index < -0.39 is 11.9 Å². The molecule has 1 saturated carbocycles. The zero-order valence-corrected chi connectivity index (χ0v) is 22.3. The minimum atomic E-state index is -0.823. The summed E-state index contributed by atoms with van der Waals surface area (Å²) in [5.41, 5.74) is 5.13. The van der Waals surface area contributed by atoms with Gasteiger partial charge in [-0.05, 0) is 106 Å². The molecule has 3 aliphatic rings. The number of rotatable bonds is 9. The van der Waals surface area contributed by atoms with Gasteiger partial charge in [0.05, 0.1) is 0 Å². The normalized spacial score (nSPS) is 36.6. The highest BCUT2D eigenvalue weighted by Crippen LogP contribution is 2.71. The van der Waals surface area contributed by atoms with Gasteiger partial charge in [0.2, 0.25) is 0 Å². The molecule has 3 aliphatic carbocycles. The van der Waals surface area contributed by atoms with Crippen LogP contribution in [0.25, 0.3) is 0 Å². The summed E-state index contributed by atoms with van der Waals surface area (Å²) in [7, 11) is 0. The zero-order valence-electron chi connectivity index (χ0n) is 22.3. The SMILES string of the molecule is C=C(C)C1CCC2=C(CCC3(C)C(C(C)CCC=C(C)C(=O)O)CCC23C)C1(C)CCC(=O)O. The summed E-state index contributed by atoms with van der Waals surface area (Å²) in [5.74, 6) is 0.0180. The Bertz CT molecular complexity index is 911. The first-order chi connectivity index (χ1) is 15.8. The van der Waals surface area contributed by atoms with E-state index in [4.69, 9.17) is 5.11 Å². The minimum absolute atomic E-state index is 0.106. The molecule has 0 bridgehead atoms. The fourth-order valence-electron chi connectivity index (χ4n) is 8.40. The van der Waals surface area contributed by atoms with Crippen LogP contribution in [0, 0.1) is 34.0 Å². The zero-order chi connectivity index (χ0) is 25.5. The van der Waals surface area contributed by atoms with Crippen LogP contribution in [-0.4, -0.2) is 22.2 Å². The molecule has 1 fully saturated rings. The van der Waals surface area contributed by atoms with E-state index in [9.17, 15) is 14.7 Å². The first-order valence-corrected chi connectivity index (χ1v) is 13.3. The highest BCUT2D eigenvalue weighted by atomic mass is 16.4. The summed E-state index contributed by atoms with van der Waals surface area (Å²) in [5, 5.41) is 18.6. The number of carboxylic acids is 2. The lowest BCUT2D eigenvalue weighted by molar-refractivity contribution is -0.137. The molecular weight excluding hydrogens is 424 g/mol. The fourth-order valence-corrected chi connectivity index (χ4v) is 8.40. The number of carboxylic acid groups (broad SMARTS) is 2. The lowest BCUT2D eigenvalue weighted by atomic mass is 9.47. The molecule has 0 aromatic carbocycles. The van der Waals surface area contributed by atoms with Crippen LogP contribution in [0.15, 0.2) is 34.9 Å². The number of fused-ring (bicyclic) bond motifs is 2. The van der Waals surface area contributed by atoms with E-state index in [1.54, 1.807) is 18.1 Å². The van der Waals surface area contributed by atoms with Gasteiger partial charge < -0.3 is 10.2 Å². The Kier molecular flexibility index (Phi) is 7.60. The number of allylic oxidation sites excluding steroid dienone is 4. The number of hydrogen-bond acceptors (Lipinski definition) is 2. The molecule has 6 unspecified atom stereocenters. The van der Waals surface area contributed by atoms with Crippen LogP contribution in [0.4, 0.5) is 0 Å². The molecular formula is C30H46O4. The fraction of sp³-hybridized carbons (Fsp3) is 0.733. The molecule has 2 N–H and O–H groups in total. The average molecular weight is 471 g/mol. The maximum Gasteiger partial charge on any atom is 0.330 e. The lowest BCUT2D eigenvalue weighted by Gasteiger charge is -2.57. The van der Waals surface area contributed by atoms with E-state index in [1.165, 1.54) is 18.4 Å². The molecule has 34 heavy (non-hydrogen) atoms. The molecule has 0 heterocycles. The lowest BCUT2D eigenvalue weighted by Crippen LogP contribution is -2.48. The van der Waals surface area contributed by atoms with Gasteiger partial charge in [0.15, 0.2) is 0 Å². The molecule has 0 radical (unpaired) electrons. The third-order valence-electron chi connectivity index (χ3n) is 10.7. The van der Waals surface area contributed by atoms with Crippen molar-refractivity contribution >= 4 is 11.9 Å². The van der Waals surface area contributed by atoms with Crippen molar-refractivity contribution in [2.45, 2.75) is 106 Å². The molecule has 0 spiro atoms.